The standard InChI is InChI=1S/C16H23N3O2S/c1-18(11-14(20)12-19-3-5-21-6-4-19)10-13-8-16-15(17-9-13)2-7-22-16/h2,7-9,14,20H,3-6,10-12H2,1H3. The van der Waals surface area contributed by atoms with Crippen molar-refractivity contribution in [3.63, 3.8) is 0 Å². The minimum atomic E-state index is -0.332. The minimum absolute atomic E-state index is 0.332. The molecule has 0 aromatic carbocycles. The normalized spacial score (nSPS) is 18.1. The lowest BCUT2D eigenvalue weighted by Gasteiger charge is -2.30. The van der Waals surface area contributed by atoms with Gasteiger partial charge in [0.05, 0.1) is 29.5 Å². The summed E-state index contributed by atoms with van der Waals surface area (Å²) >= 11 is 1.72. The van der Waals surface area contributed by atoms with E-state index >= 15 is 0 Å². The van der Waals surface area contributed by atoms with Crippen LogP contribution in [0.5, 0.6) is 0 Å². The van der Waals surface area contributed by atoms with Gasteiger partial charge in [0.2, 0.25) is 0 Å². The molecule has 120 valence electrons. The third-order valence-electron chi connectivity index (χ3n) is 3.91. The van der Waals surface area contributed by atoms with Gasteiger partial charge in [-0.15, -0.1) is 11.3 Å². The SMILES string of the molecule is CN(Cc1cnc2ccsc2c1)CC(O)CN1CCOCC1. The summed E-state index contributed by atoms with van der Waals surface area (Å²) < 4.78 is 6.55. The Hall–Kier alpha value is -1.05. The molecule has 22 heavy (non-hydrogen) atoms. The molecule has 5 nitrogen and oxygen atoms in total. The Kier molecular flexibility index (Phi) is 5.38. The number of hydrogen-bond donors (Lipinski definition) is 1. The van der Waals surface area contributed by atoms with E-state index in [4.69, 9.17) is 4.74 Å². The number of rotatable bonds is 6. The van der Waals surface area contributed by atoms with Gasteiger partial charge in [0, 0.05) is 38.9 Å². The zero-order chi connectivity index (χ0) is 15.4. The molecule has 1 aliphatic heterocycles. The van der Waals surface area contributed by atoms with Gasteiger partial charge >= 0.3 is 0 Å². The zero-order valence-corrected chi connectivity index (χ0v) is 13.8. The van der Waals surface area contributed by atoms with Crippen LogP contribution < -0.4 is 0 Å². The maximum absolute atomic E-state index is 10.3. The summed E-state index contributed by atoms with van der Waals surface area (Å²) in [5, 5.41) is 12.3. The molecule has 1 aliphatic rings. The highest BCUT2D eigenvalue weighted by molar-refractivity contribution is 7.17. The van der Waals surface area contributed by atoms with E-state index in [9.17, 15) is 5.11 Å². The average Bonchev–Trinajstić information content (AvgIpc) is 2.95. The molecule has 0 saturated carbocycles. The number of fused-ring (bicyclic) bond motifs is 1. The summed E-state index contributed by atoms with van der Waals surface area (Å²) in [5.74, 6) is 0. The fourth-order valence-corrected chi connectivity index (χ4v) is 3.65. The van der Waals surface area contributed by atoms with Crippen molar-refractivity contribution < 1.29 is 9.84 Å². The summed E-state index contributed by atoms with van der Waals surface area (Å²) in [7, 11) is 2.04. The van der Waals surface area contributed by atoms with E-state index in [0.717, 1.165) is 44.9 Å². The number of thiophene rings is 1. The number of aliphatic hydroxyl groups is 1. The van der Waals surface area contributed by atoms with Gasteiger partial charge in [0.15, 0.2) is 0 Å². The highest BCUT2D eigenvalue weighted by atomic mass is 32.1. The van der Waals surface area contributed by atoms with Gasteiger partial charge in [0.1, 0.15) is 0 Å². The molecule has 2 aromatic rings. The van der Waals surface area contributed by atoms with Crippen molar-refractivity contribution in [3.8, 4) is 0 Å². The van der Waals surface area contributed by atoms with Crippen molar-refractivity contribution in [1.82, 2.24) is 14.8 Å². The Morgan fingerprint density at radius 3 is 3.09 bits per heavy atom. The first-order valence-corrected chi connectivity index (χ1v) is 8.57. The van der Waals surface area contributed by atoms with Gasteiger partial charge in [-0.25, -0.2) is 0 Å². The third kappa shape index (κ3) is 4.24. The van der Waals surface area contributed by atoms with E-state index in [2.05, 4.69) is 26.2 Å². The van der Waals surface area contributed by atoms with Crippen molar-refractivity contribution >= 4 is 21.6 Å². The van der Waals surface area contributed by atoms with E-state index < -0.39 is 0 Å². The van der Waals surface area contributed by atoms with Gasteiger partial charge in [-0.05, 0) is 30.1 Å². The molecule has 0 bridgehead atoms. The van der Waals surface area contributed by atoms with Crippen molar-refractivity contribution in [2.24, 2.45) is 0 Å². The van der Waals surface area contributed by atoms with Crippen molar-refractivity contribution in [2.75, 3.05) is 46.4 Å². The highest BCUT2D eigenvalue weighted by Gasteiger charge is 2.16. The lowest BCUT2D eigenvalue weighted by atomic mass is 10.2. The Bertz CT molecular complexity index is 598. The van der Waals surface area contributed by atoms with Crippen LogP contribution in [0.15, 0.2) is 23.7 Å². The molecule has 0 radical (unpaired) electrons. The number of aliphatic hydroxyl groups excluding tert-OH is 1. The first-order chi connectivity index (χ1) is 10.7. The Morgan fingerprint density at radius 1 is 1.45 bits per heavy atom. The second-order valence-corrected chi connectivity index (χ2v) is 6.86. The quantitative estimate of drug-likeness (QED) is 0.872. The van der Waals surface area contributed by atoms with Gasteiger partial charge in [-0.3, -0.25) is 14.8 Å². The number of aromatic nitrogens is 1. The monoisotopic (exact) mass is 321 g/mol. The molecular weight excluding hydrogens is 298 g/mol. The molecule has 2 aromatic heterocycles. The molecule has 0 spiro atoms. The minimum Gasteiger partial charge on any atom is -0.390 e. The first-order valence-electron chi connectivity index (χ1n) is 7.69. The van der Waals surface area contributed by atoms with Crippen molar-refractivity contribution in [2.45, 2.75) is 12.6 Å². The number of pyridine rings is 1. The Balaban J connectivity index is 1.49. The zero-order valence-electron chi connectivity index (χ0n) is 12.9. The van der Waals surface area contributed by atoms with Crippen LogP contribution >= 0.6 is 11.3 Å². The molecule has 1 fully saturated rings. The van der Waals surface area contributed by atoms with Crippen molar-refractivity contribution in [1.29, 1.82) is 0 Å². The third-order valence-corrected chi connectivity index (χ3v) is 4.76. The Morgan fingerprint density at radius 2 is 2.27 bits per heavy atom. The predicted molar refractivity (Wildman–Crippen MR) is 89.2 cm³/mol. The number of likely N-dealkylation sites (N-methyl/N-ethyl adjacent to an activating group) is 1. The van der Waals surface area contributed by atoms with Crippen LogP contribution in [0.4, 0.5) is 0 Å². The second-order valence-electron chi connectivity index (χ2n) is 5.91. The van der Waals surface area contributed by atoms with Crippen LogP contribution in [-0.4, -0.2) is 72.4 Å². The van der Waals surface area contributed by atoms with Gasteiger partial charge < -0.3 is 9.84 Å². The van der Waals surface area contributed by atoms with E-state index in [1.807, 2.05) is 19.3 Å². The molecular formula is C16H23N3O2S. The molecule has 1 N–H and O–H groups in total. The molecule has 1 unspecified atom stereocenters. The molecule has 1 saturated heterocycles. The largest absolute Gasteiger partial charge is 0.390 e. The second kappa shape index (κ2) is 7.48. The first kappa shape index (κ1) is 15.8. The Labute approximate surface area is 135 Å². The van der Waals surface area contributed by atoms with Crippen LogP contribution in [0.2, 0.25) is 0 Å². The average molecular weight is 321 g/mol. The summed E-state index contributed by atoms with van der Waals surface area (Å²) in [6.45, 7) is 5.57. The predicted octanol–water partition coefficient (Wildman–Crippen LogP) is 1.42. The summed E-state index contributed by atoms with van der Waals surface area (Å²) in [6, 6.07) is 4.23. The number of ether oxygens (including phenoxy) is 1. The number of nitrogens with zero attached hydrogens (tertiary/aromatic N) is 3. The highest BCUT2D eigenvalue weighted by Crippen LogP contribution is 2.20. The van der Waals surface area contributed by atoms with E-state index in [-0.39, 0.29) is 6.10 Å². The summed E-state index contributed by atoms with van der Waals surface area (Å²) in [6.07, 6.45) is 1.60. The maximum atomic E-state index is 10.3. The topological polar surface area (TPSA) is 48.8 Å². The number of morpholine rings is 1. The molecule has 1 atom stereocenters. The van der Waals surface area contributed by atoms with Gasteiger partial charge in [-0.2, -0.15) is 0 Å². The lowest BCUT2D eigenvalue weighted by molar-refractivity contribution is 0.00825. The molecule has 3 rings (SSSR count). The van der Waals surface area contributed by atoms with Crippen molar-refractivity contribution in [3.05, 3.63) is 29.3 Å². The van der Waals surface area contributed by atoms with Crippen LogP contribution in [0.3, 0.4) is 0 Å². The number of hydrogen-bond acceptors (Lipinski definition) is 6. The number of β-amino-alcohol motifs (C(OH)–C–C–N with tert-alkyl or cyclic N) is 1. The van der Waals surface area contributed by atoms with E-state index in [0.29, 0.717) is 6.54 Å². The lowest BCUT2D eigenvalue weighted by Crippen LogP contribution is -2.43. The van der Waals surface area contributed by atoms with Crippen LogP contribution in [-0.2, 0) is 11.3 Å². The fraction of sp³-hybridized carbons (Fsp3) is 0.562. The van der Waals surface area contributed by atoms with E-state index in [1.54, 1.807) is 11.3 Å². The van der Waals surface area contributed by atoms with Crippen LogP contribution in [0, 0.1) is 0 Å². The van der Waals surface area contributed by atoms with Crippen LogP contribution in [0.1, 0.15) is 5.56 Å². The summed E-state index contributed by atoms with van der Waals surface area (Å²) in [4.78, 5) is 8.89. The van der Waals surface area contributed by atoms with Gasteiger partial charge in [-0.1, -0.05) is 0 Å². The molecule has 0 aliphatic carbocycles. The molecule has 3 heterocycles. The van der Waals surface area contributed by atoms with Crippen LogP contribution in [0.25, 0.3) is 10.2 Å². The smallest absolute Gasteiger partial charge is 0.0809 e. The molecule has 0 amide bonds. The summed E-state index contributed by atoms with van der Waals surface area (Å²) in [5.41, 5.74) is 2.25. The van der Waals surface area contributed by atoms with E-state index in [1.165, 1.54) is 10.3 Å². The fourth-order valence-electron chi connectivity index (χ4n) is 2.85. The molecule has 6 heteroatoms. The van der Waals surface area contributed by atoms with Gasteiger partial charge in [0.25, 0.3) is 0 Å². The maximum Gasteiger partial charge on any atom is 0.0809 e.